The smallest absolute Gasteiger partial charge is 0.194 e. The normalized spacial score (nSPS) is 17.7. The van der Waals surface area contributed by atoms with Gasteiger partial charge in [-0.15, -0.1) is 0 Å². The van der Waals surface area contributed by atoms with E-state index in [1.54, 1.807) is 14.2 Å². The van der Waals surface area contributed by atoms with E-state index >= 15 is 0 Å². The number of hydrogen-bond acceptors (Lipinski definition) is 5. The molecule has 0 radical (unpaired) electrons. The van der Waals surface area contributed by atoms with Gasteiger partial charge >= 0.3 is 0 Å². The van der Waals surface area contributed by atoms with Gasteiger partial charge in [0, 0.05) is 59.0 Å². The lowest BCUT2D eigenvalue weighted by Gasteiger charge is -2.38. The Balaban J connectivity index is 1.53. The summed E-state index contributed by atoms with van der Waals surface area (Å²) in [5.41, 5.74) is 1.18. The zero-order chi connectivity index (χ0) is 20.5. The Kier molecular flexibility index (Phi) is 8.43. The Hall–Kier alpha value is -1.99. The van der Waals surface area contributed by atoms with Gasteiger partial charge < -0.3 is 24.6 Å². The minimum Gasteiger partial charge on any atom is -0.495 e. The van der Waals surface area contributed by atoms with Gasteiger partial charge in [-0.1, -0.05) is 12.1 Å². The van der Waals surface area contributed by atoms with Crippen LogP contribution in [-0.2, 0) is 4.74 Å². The van der Waals surface area contributed by atoms with Crippen LogP contribution in [0.15, 0.2) is 29.3 Å². The van der Waals surface area contributed by atoms with E-state index in [1.165, 1.54) is 18.5 Å². The number of anilines is 1. The molecular formula is C22H37N5O2. The summed E-state index contributed by atoms with van der Waals surface area (Å²) >= 11 is 0. The molecule has 1 aromatic rings. The van der Waals surface area contributed by atoms with E-state index < -0.39 is 0 Å². The Labute approximate surface area is 175 Å². The van der Waals surface area contributed by atoms with Gasteiger partial charge in [-0.25, -0.2) is 0 Å². The summed E-state index contributed by atoms with van der Waals surface area (Å²) < 4.78 is 10.8. The number of ether oxygens (including phenoxy) is 2. The summed E-state index contributed by atoms with van der Waals surface area (Å²) in [6.45, 7) is 10.5. The minimum absolute atomic E-state index is 0.743. The average molecular weight is 404 g/mol. The third-order valence-electron chi connectivity index (χ3n) is 5.63. The molecule has 0 spiro atoms. The molecule has 0 amide bonds. The van der Waals surface area contributed by atoms with Crippen molar-refractivity contribution < 1.29 is 9.47 Å². The number of nitrogens with zero attached hydrogens (tertiary/aromatic N) is 4. The molecule has 7 nitrogen and oxygen atoms in total. The predicted molar refractivity (Wildman–Crippen MR) is 119 cm³/mol. The predicted octanol–water partition coefficient (Wildman–Crippen LogP) is 1.89. The summed E-state index contributed by atoms with van der Waals surface area (Å²) in [4.78, 5) is 12.2. The molecule has 2 fully saturated rings. The van der Waals surface area contributed by atoms with E-state index in [2.05, 4.69) is 39.1 Å². The second kappa shape index (κ2) is 11.3. The van der Waals surface area contributed by atoms with Crippen molar-refractivity contribution in [3.8, 4) is 5.75 Å². The first-order chi connectivity index (χ1) is 14.3. The van der Waals surface area contributed by atoms with Crippen LogP contribution in [0.4, 0.5) is 5.69 Å². The molecule has 1 heterocycles. The van der Waals surface area contributed by atoms with Crippen LogP contribution in [0.5, 0.6) is 5.75 Å². The van der Waals surface area contributed by atoms with E-state index in [9.17, 15) is 0 Å². The molecule has 1 N–H and O–H groups in total. The van der Waals surface area contributed by atoms with E-state index in [4.69, 9.17) is 14.5 Å². The number of piperazine rings is 1. The van der Waals surface area contributed by atoms with Crippen molar-refractivity contribution in [2.24, 2.45) is 4.99 Å². The summed E-state index contributed by atoms with van der Waals surface area (Å²) in [6.07, 6.45) is 2.64. The van der Waals surface area contributed by atoms with Crippen LogP contribution < -0.4 is 15.0 Å². The number of hydrogen-bond donors (Lipinski definition) is 1. The van der Waals surface area contributed by atoms with Crippen LogP contribution >= 0.6 is 0 Å². The summed E-state index contributed by atoms with van der Waals surface area (Å²) in [7, 11) is 3.51. The summed E-state index contributed by atoms with van der Waals surface area (Å²) in [6, 6.07) is 9.01. The molecule has 1 saturated carbocycles. The van der Waals surface area contributed by atoms with Gasteiger partial charge in [0.05, 0.1) is 25.9 Å². The Morgan fingerprint density at radius 1 is 1.14 bits per heavy atom. The number of aliphatic imine (C=N–C) groups is 1. The molecule has 7 heteroatoms. The van der Waals surface area contributed by atoms with Crippen molar-refractivity contribution in [3.05, 3.63) is 24.3 Å². The van der Waals surface area contributed by atoms with Crippen LogP contribution in [0.2, 0.25) is 0 Å². The molecule has 162 valence electrons. The Morgan fingerprint density at radius 3 is 2.55 bits per heavy atom. The van der Waals surface area contributed by atoms with Crippen LogP contribution in [0.25, 0.3) is 0 Å². The molecule has 1 aromatic carbocycles. The molecule has 0 unspecified atom stereocenters. The van der Waals surface area contributed by atoms with Crippen molar-refractivity contribution in [1.29, 1.82) is 0 Å². The van der Waals surface area contributed by atoms with Crippen molar-refractivity contribution >= 4 is 11.6 Å². The van der Waals surface area contributed by atoms with Gasteiger partial charge in [0.25, 0.3) is 0 Å². The maximum absolute atomic E-state index is 5.53. The van der Waals surface area contributed by atoms with Crippen LogP contribution in [0.1, 0.15) is 19.8 Å². The standard InChI is InChI=1S/C22H37N5O2/c1-4-23-22(24-11-12-25(17-18-28-2)19-9-10-19)27-15-13-26(14-16-27)20-7-5-6-8-21(20)29-3/h5-8,19H,4,9-18H2,1-3H3,(H,23,24). The van der Waals surface area contributed by atoms with E-state index in [0.717, 1.165) is 76.7 Å². The largest absolute Gasteiger partial charge is 0.495 e. The summed E-state index contributed by atoms with van der Waals surface area (Å²) in [5, 5.41) is 3.48. The average Bonchev–Trinajstić information content (AvgIpc) is 3.61. The molecule has 0 aromatic heterocycles. The second-order valence-corrected chi connectivity index (χ2v) is 7.64. The quantitative estimate of drug-likeness (QED) is 0.476. The topological polar surface area (TPSA) is 52.6 Å². The van der Waals surface area contributed by atoms with Gasteiger partial charge in [-0.05, 0) is 31.9 Å². The van der Waals surface area contributed by atoms with Gasteiger partial charge in [0.2, 0.25) is 0 Å². The number of rotatable bonds is 10. The maximum atomic E-state index is 5.53. The fourth-order valence-electron chi connectivity index (χ4n) is 3.89. The lowest BCUT2D eigenvalue weighted by Crippen LogP contribution is -2.52. The maximum Gasteiger partial charge on any atom is 0.194 e. The van der Waals surface area contributed by atoms with Crippen LogP contribution in [0.3, 0.4) is 0 Å². The highest BCUT2D eigenvalue weighted by molar-refractivity contribution is 5.80. The van der Waals surface area contributed by atoms with Gasteiger partial charge in [-0.2, -0.15) is 0 Å². The lowest BCUT2D eigenvalue weighted by atomic mass is 10.2. The van der Waals surface area contributed by atoms with E-state index in [-0.39, 0.29) is 0 Å². The highest BCUT2D eigenvalue weighted by Gasteiger charge is 2.28. The molecule has 0 bridgehead atoms. The zero-order valence-electron chi connectivity index (χ0n) is 18.3. The third kappa shape index (κ3) is 6.24. The first-order valence-electron chi connectivity index (χ1n) is 10.9. The van der Waals surface area contributed by atoms with E-state index in [1.807, 2.05) is 12.1 Å². The number of nitrogens with one attached hydrogen (secondary N) is 1. The minimum atomic E-state index is 0.743. The first kappa shape index (κ1) is 21.7. The van der Waals surface area contributed by atoms with Crippen LogP contribution in [0, 0.1) is 0 Å². The molecule has 1 aliphatic heterocycles. The number of methoxy groups -OCH3 is 2. The molecule has 1 aliphatic carbocycles. The third-order valence-corrected chi connectivity index (χ3v) is 5.63. The zero-order valence-corrected chi connectivity index (χ0v) is 18.3. The van der Waals surface area contributed by atoms with E-state index in [0.29, 0.717) is 0 Å². The van der Waals surface area contributed by atoms with Gasteiger partial charge in [0.1, 0.15) is 5.75 Å². The number of benzene rings is 1. The molecule has 2 aliphatic rings. The monoisotopic (exact) mass is 403 g/mol. The molecule has 0 atom stereocenters. The number of guanidine groups is 1. The fraction of sp³-hybridized carbons (Fsp3) is 0.682. The molecule has 29 heavy (non-hydrogen) atoms. The first-order valence-corrected chi connectivity index (χ1v) is 10.9. The fourth-order valence-corrected chi connectivity index (χ4v) is 3.89. The van der Waals surface area contributed by atoms with Crippen LogP contribution in [-0.4, -0.2) is 95.0 Å². The SMILES string of the molecule is CCNC(=NCCN(CCOC)C1CC1)N1CCN(c2ccccc2OC)CC1. The lowest BCUT2D eigenvalue weighted by molar-refractivity contribution is 0.145. The highest BCUT2D eigenvalue weighted by Crippen LogP contribution is 2.28. The summed E-state index contributed by atoms with van der Waals surface area (Å²) in [5.74, 6) is 1.98. The molecular weight excluding hydrogens is 366 g/mol. The van der Waals surface area contributed by atoms with Gasteiger partial charge in [-0.3, -0.25) is 9.89 Å². The van der Waals surface area contributed by atoms with Crippen molar-refractivity contribution in [3.63, 3.8) is 0 Å². The van der Waals surface area contributed by atoms with Crippen molar-refractivity contribution in [2.45, 2.75) is 25.8 Å². The molecule has 1 saturated heterocycles. The number of para-hydroxylation sites is 2. The molecule has 3 rings (SSSR count). The Morgan fingerprint density at radius 2 is 1.90 bits per heavy atom. The van der Waals surface area contributed by atoms with Gasteiger partial charge in [0.15, 0.2) is 5.96 Å². The second-order valence-electron chi connectivity index (χ2n) is 7.64. The highest BCUT2D eigenvalue weighted by atomic mass is 16.5. The van der Waals surface area contributed by atoms with Crippen molar-refractivity contribution in [2.75, 3.05) is 78.1 Å². The Bertz CT molecular complexity index is 642. The van der Waals surface area contributed by atoms with Crippen molar-refractivity contribution in [1.82, 2.24) is 15.1 Å².